The molecule has 7 nitrogen and oxygen atoms in total. The van der Waals surface area contributed by atoms with Crippen molar-refractivity contribution in [3.63, 3.8) is 0 Å². The molecule has 0 aliphatic carbocycles. The Bertz CT molecular complexity index is 760. The molecule has 23 heavy (non-hydrogen) atoms. The predicted octanol–water partition coefficient (Wildman–Crippen LogP) is 1.01. The molecule has 0 radical (unpaired) electrons. The quantitative estimate of drug-likeness (QED) is 0.789. The zero-order chi connectivity index (χ0) is 17.0. The molecular formula is C14H21ClN4O3S. The van der Waals surface area contributed by atoms with Crippen molar-refractivity contribution >= 4 is 27.5 Å². The number of amides is 1. The third-order valence-corrected chi connectivity index (χ3v) is 7.51. The summed E-state index contributed by atoms with van der Waals surface area (Å²) in [4.78, 5) is 14.3. The molecule has 3 rings (SSSR count). The van der Waals surface area contributed by atoms with Gasteiger partial charge in [-0.05, 0) is 26.2 Å². The minimum atomic E-state index is -3.75. The second kappa shape index (κ2) is 5.46. The summed E-state index contributed by atoms with van der Waals surface area (Å²) in [5.41, 5.74) is -0.201. The van der Waals surface area contributed by atoms with Crippen LogP contribution in [-0.2, 0) is 21.9 Å². The Balaban J connectivity index is 1.93. The Kier molecular flexibility index (Phi) is 3.97. The molecule has 0 bridgehead atoms. The van der Waals surface area contributed by atoms with Gasteiger partial charge in [-0.1, -0.05) is 11.6 Å². The third-order valence-electron chi connectivity index (χ3n) is 4.97. The van der Waals surface area contributed by atoms with Gasteiger partial charge in [0, 0.05) is 33.7 Å². The molecule has 1 atom stereocenters. The van der Waals surface area contributed by atoms with Crippen LogP contribution in [0.3, 0.4) is 0 Å². The van der Waals surface area contributed by atoms with Gasteiger partial charge in [0.05, 0.1) is 11.1 Å². The van der Waals surface area contributed by atoms with Crippen LogP contribution in [0, 0.1) is 12.3 Å². The van der Waals surface area contributed by atoms with Crippen LogP contribution < -0.4 is 0 Å². The molecule has 2 saturated heterocycles. The summed E-state index contributed by atoms with van der Waals surface area (Å²) < 4.78 is 28.7. The van der Waals surface area contributed by atoms with Gasteiger partial charge in [0.2, 0.25) is 15.9 Å². The fourth-order valence-electron chi connectivity index (χ4n) is 3.72. The van der Waals surface area contributed by atoms with E-state index in [-0.39, 0.29) is 22.5 Å². The number of rotatable bonds is 2. The highest BCUT2D eigenvalue weighted by atomic mass is 35.5. The number of piperidine rings is 1. The van der Waals surface area contributed by atoms with E-state index in [9.17, 15) is 13.2 Å². The number of likely N-dealkylation sites (tertiary alicyclic amines) is 1. The molecule has 128 valence electrons. The SMILES string of the molecule is Cc1nn(C)c(Cl)c1S(=O)(=O)N1CCC2(CCCN(C)C2=O)C1. The molecule has 2 aliphatic rings. The van der Waals surface area contributed by atoms with Crippen LogP contribution in [0.1, 0.15) is 25.0 Å². The lowest BCUT2D eigenvalue weighted by Crippen LogP contribution is -2.48. The smallest absolute Gasteiger partial charge is 0.248 e. The largest absolute Gasteiger partial charge is 0.345 e. The molecule has 1 aromatic rings. The highest BCUT2D eigenvalue weighted by Crippen LogP contribution is 2.42. The van der Waals surface area contributed by atoms with Crippen molar-refractivity contribution < 1.29 is 13.2 Å². The first-order valence-electron chi connectivity index (χ1n) is 7.64. The second-order valence-electron chi connectivity index (χ2n) is 6.53. The van der Waals surface area contributed by atoms with Crippen LogP contribution >= 0.6 is 11.6 Å². The highest BCUT2D eigenvalue weighted by molar-refractivity contribution is 7.89. The lowest BCUT2D eigenvalue weighted by Gasteiger charge is -2.37. The molecule has 0 N–H and O–H groups in total. The van der Waals surface area contributed by atoms with E-state index in [2.05, 4.69) is 5.10 Å². The molecule has 1 unspecified atom stereocenters. The minimum absolute atomic E-state index is 0.0512. The number of halogens is 1. The van der Waals surface area contributed by atoms with Gasteiger partial charge >= 0.3 is 0 Å². The predicted molar refractivity (Wildman–Crippen MR) is 85.6 cm³/mol. The summed E-state index contributed by atoms with van der Waals surface area (Å²) in [5, 5.41) is 4.19. The summed E-state index contributed by atoms with van der Waals surface area (Å²) in [5.74, 6) is 0.0513. The molecule has 0 aromatic carbocycles. The Hall–Kier alpha value is -1.12. The highest BCUT2D eigenvalue weighted by Gasteiger charge is 2.51. The normalized spacial score (nSPS) is 26.4. The van der Waals surface area contributed by atoms with Gasteiger partial charge in [0.1, 0.15) is 10.0 Å². The zero-order valence-corrected chi connectivity index (χ0v) is 15.1. The number of carbonyl (C=O) groups is 1. The van der Waals surface area contributed by atoms with Crippen molar-refractivity contribution in [1.82, 2.24) is 19.0 Å². The maximum Gasteiger partial charge on any atom is 0.248 e. The minimum Gasteiger partial charge on any atom is -0.345 e. The maximum atomic E-state index is 13.0. The number of carbonyl (C=O) groups excluding carboxylic acids is 1. The number of nitrogens with zero attached hydrogens (tertiary/aromatic N) is 4. The van der Waals surface area contributed by atoms with E-state index in [1.54, 1.807) is 25.9 Å². The average molecular weight is 361 g/mol. The zero-order valence-electron chi connectivity index (χ0n) is 13.5. The van der Waals surface area contributed by atoms with Crippen LogP contribution in [0.2, 0.25) is 5.15 Å². The molecule has 1 spiro atoms. The van der Waals surface area contributed by atoms with Gasteiger partial charge in [-0.25, -0.2) is 8.42 Å². The fourth-order valence-corrected chi connectivity index (χ4v) is 5.95. The van der Waals surface area contributed by atoms with Crippen molar-refractivity contribution in [3.8, 4) is 0 Å². The van der Waals surface area contributed by atoms with Crippen LogP contribution in [0.5, 0.6) is 0 Å². The van der Waals surface area contributed by atoms with Crippen molar-refractivity contribution in [2.75, 3.05) is 26.7 Å². The van der Waals surface area contributed by atoms with E-state index in [0.29, 0.717) is 18.7 Å². The van der Waals surface area contributed by atoms with E-state index < -0.39 is 15.4 Å². The molecule has 1 aromatic heterocycles. The van der Waals surface area contributed by atoms with Gasteiger partial charge in [-0.2, -0.15) is 9.40 Å². The first kappa shape index (κ1) is 16.7. The van der Waals surface area contributed by atoms with E-state index in [1.807, 2.05) is 0 Å². The Labute approximate surface area is 141 Å². The summed E-state index contributed by atoms with van der Waals surface area (Å²) in [6.07, 6.45) is 2.21. The molecule has 0 saturated carbocycles. The number of aromatic nitrogens is 2. The maximum absolute atomic E-state index is 13.0. The van der Waals surface area contributed by atoms with Crippen molar-refractivity contribution in [2.45, 2.75) is 31.1 Å². The Morgan fingerprint density at radius 2 is 1.91 bits per heavy atom. The molecular weight excluding hydrogens is 340 g/mol. The van der Waals surface area contributed by atoms with Crippen molar-refractivity contribution in [3.05, 3.63) is 10.8 Å². The van der Waals surface area contributed by atoms with Gasteiger partial charge in [0.25, 0.3) is 0 Å². The average Bonchev–Trinajstić information content (AvgIpc) is 3.00. The van der Waals surface area contributed by atoms with Gasteiger partial charge in [0.15, 0.2) is 0 Å². The Morgan fingerprint density at radius 1 is 1.22 bits per heavy atom. The lowest BCUT2D eigenvalue weighted by atomic mass is 9.78. The van der Waals surface area contributed by atoms with Crippen molar-refractivity contribution in [2.24, 2.45) is 12.5 Å². The van der Waals surface area contributed by atoms with Crippen molar-refractivity contribution in [1.29, 1.82) is 0 Å². The standard InChI is InChI=1S/C14H21ClN4O3S/c1-10-11(12(15)18(3)16-10)23(21,22)19-8-6-14(9-19)5-4-7-17(2)13(14)20/h4-9H2,1-3H3. The lowest BCUT2D eigenvalue weighted by molar-refractivity contribution is -0.143. The van der Waals surface area contributed by atoms with Gasteiger partial charge in [-0.15, -0.1) is 0 Å². The summed E-state index contributed by atoms with van der Waals surface area (Å²) in [7, 11) is -0.357. The fraction of sp³-hybridized carbons (Fsp3) is 0.714. The van der Waals surface area contributed by atoms with E-state index >= 15 is 0 Å². The van der Waals surface area contributed by atoms with E-state index in [1.165, 1.54) is 8.99 Å². The second-order valence-corrected chi connectivity index (χ2v) is 8.76. The van der Waals surface area contributed by atoms with Crippen LogP contribution in [-0.4, -0.2) is 60.0 Å². The number of sulfonamides is 1. The van der Waals surface area contributed by atoms with Gasteiger partial charge in [-0.3, -0.25) is 9.48 Å². The molecule has 9 heteroatoms. The monoisotopic (exact) mass is 360 g/mol. The summed E-state index contributed by atoms with van der Waals surface area (Å²) in [6, 6.07) is 0. The van der Waals surface area contributed by atoms with Gasteiger partial charge < -0.3 is 4.90 Å². The van der Waals surface area contributed by atoms with Crippen LogP contribution in [0.15, 0.2) is 4.90 Å². The topological polar surface area (TPSA) is 75.5 Å². The number of aryl methyl sites for hydroxylation is 2. The molecule has 3 heterocycles. The molecule has 1 amide bonds. The molecule has 2 aliphatic heterocycles. The van der Waals surface area contributed by atoms with Crippen LogP contribution in [0.4, 0.5) is 0 Å². The summed E-state index contributed by atoms with van der Waals surface area (Å²) >= 11 is 6.13. The number of hydrogen-bond acceptors (Lipinski definition) is 4. The first-order valence-corrected chi connectivity index (χ1v) is 9.46. The first-order chi connectivity index (χ1) is 10.7. The Morgan fingerprint density at radius 3 is 2.52 bits per heavy atom. The van der Waals surface area contributed by atoms with E-state index in [0.717, 1.165) is 19.4 Å². The van der Waals surface area contributed by atoms with Crippen LogP contribution in [0.25, 0.3) is 0 Å². The van der Waals surface area contributed by atoms with E-state index in [4.69, 9.17) is 11.6 Å². The molecule has 2 fully saturated rings. The third kappa shape index (κ3) is 2.47. The summed E-state index contributed by atoms with van der Waals surface area (Å²) in [6.45, 7) is 2.93. The number of hydrogen-bond donors (Lipinski definition) is 0.